The highest BCUT2D eigenvalue weighted by atomic mass is 16.6. The zero-order chi connectivity index (χ0) is 19.6. The Morgan fingerprint density at radius 1 is 1.26 bits per heavy atom. The first-order valence-electron chi connectivity index (χ1n) is 8.38. The number of carbonyl (C=O) groups is 2. The Kier molecular flexibility index (Phi) is 4.98. The summed E-state index contributed by atoms with van der Waals surface area (Å²) in [5.74, 6) is -0.438. The topological polar surface area (TPSA) is 114 Å². The summed E-state index contributed by atoms with van der Waals surface area (Å²) in [6, 6.07) is 11.4. The number of hydrogen-bond acceptors (Lipinski definition) is 5. The number of hydrogen-bond donors (Lipinski definition) is 2. The van der Waals surface area contributed by atoms with Gasteiger partial charge in [0, 0.05) is 35.2 Å². The average molecular weight is 366 g/mol. The van der Waals surface area contributed by atoms with Crippen LogP contribution >= 0.6 is 0 Å². The molecule has 0 saturated carbocycles. The van der Waals surface area contributed by atoms with Crippen molar-refractivity contribution in [3.05, 3.63) is 69.3 Å². The molecule has 0 saturated heterocycles. The molecular formula is C19H18N4O4. The van der Waals surface area contributed by atoms with Gasteiger partial charge in [-0.1, -0.05) is 19.1 Å². The molecule has 0 aliphatic carbocycles. The lowest BCUT2D eigenvalue weighted by Crippen LogP contribution is -2.31. The number of hydrazone groups is 1. The summed E-state index contributed by atoms with van der Waals surface area (Å²) in [5, 5.41) is 17.7. The molecule has 1 atom stereocenters. The van der Waals surface area contributed by atoms with Crippen LogP contribution in [0.15, 0.2) is 47.6 Å². The highest BCUT2D eigenvalue weighted by Gasteiger charge is 2.21. The molecule has 1 heterocycles. The quantitative estimate of drug-likeness (QED) is 0.639. The van der Waals surface area contributed by atoms with E-state index in [1.165, 1.54) is 18.2 Å². The molecule has 0 spiro atoms. The van der Waals surface area contributed by atoms with Crippen LogP contribution in [0.2, 0.25) is 0 Å². The van der Waals surface area contributed by atoms with E-state index in [2.05, 4.69) is 15.8 Å². The Labute approximate surface area is 155 Å². The highest BCUT2D eigenvalue weighted by molar-refractivity contribution is 6.07. The van der Waals surface area contributed by atoms with Crippen molar-refractivity contribution in [2.75, 3.05) is 5.32 Å². The van der Waals surface area contributed by atoms with Crippen molar-refractivity contribution in [3.8, 4) is 0 Å². The van der Waals surface area contributed by atoms with Crippen LogP contribution < -0.4 is 10.7 Å². The Hall–Kier alpha value is -3.55. The first-order chi connectivity index (χ1) is 12.8. The third-order valence-electron chi connectivity index (χ3n) is 4.35. The number of amides is 2. The van der Waals surface area contributed by atoms with E-state index in [1.807, 2.05) is 19.1 Å². The minimum Gasteiger partial charge on any atom is -0.322 e. The predicted molar refractivity (Wildman–Crippen MR) is 101 cm³/mol. The van der Waals surface area contributed by atoms with Crippen molar-refractivity contribution in [1.29, 1.82) is 0 Å². The normalized spacial score (nSPS) is 16.3. The number of benzene rings is 2. The van der Waals surface area contributed by atoms with Gasteiger partial charge in [-0.3, -0.25) is 19.7 Å². The fourth-order valence-electron chi connectivity index (χ4n) is 2.93. The van der Waals surface area contributed by atoms with Gasteiger partial charge in [-0.2, -0.15) is 5.10 Å². The zero-order valence-electron chi connectivity index (χ0n) is 14.9. The van der Waals surface area contributed by atoms with E-state index in [0.29, 0.717) is 23.2 Å². The third kappa shape index (κ3) is 4.00. The zero-order valence-corrected chi connectivity index (χ0v) is 14.9. The van der Waals surface area contributed by atoms with Gasteiger partial charge >= 0.3 is 0 Å². The van der Waals surface area contributed by atoms with Crippen LogP contribution in [0.3, 0.4) is 0 Å². The Balaban J connectivity index is 1.73. The first kappa shape index (κ1) is 18.2. The van der Waals surface area contributed by atoms with E-state index in [9.17, 15) is 19.7 Å². The monoisotopic (exact) mass is 366 g/mol. The van der Waals surface area contributed by atoms with Crippen molar-refractivity contribution >= 4 is 28.9 Å². The van der Waals surface area contributed by atoms with E-state index in [0.717, 1.165) is 11.3 Å². The van der Waals surface area contributed by atoms with Crippen LogP contribution in [0.5, 0.6) is 0 Å². The molecule has 0 fully saturated rings. The molecule has 0 radical (unpaired) electrons. The van der Waals surface area contributed by atoms with E-state index in [4.69, 9.17) is 0 Å². The fraction of sp³-hybridized carbons (Fsp3) is 0.211. The standard InChI is InChI=1S/C19H18N4O4/c1-11-9-14(5-8-16(11)23(26)27)19(25)20-15-6-3-13(4-7-15)18-12(2)10-17(24)21-22-18/h3-9,12H,10H2,1-2H3,(H,20,25)(H,21,24). The van der Waals surface area contributed by atoms with Crippen molar-refractivity contribution < 1.29 is 14.5 Å². The largest absolute Gasteiger partial charge is 0.322 e. The number of nitro groups is 1. The number of nitrogens with one attached hydrogen (secondary N) is 2. The van der Waals surface area contributed by atoms with E-state index in [-0.39, 0.29) is 23.4 Å². The van der Waals surface area contributed by atoms with Gasteiger partial charge < -0.3 is 5.32 Å². The van der Waals surface area contributed by atoms with E-state index < -0.39 is 4.92 Å². The smallest absolute Gasteiger partial charge is 0.272 e. The molecule has 2 N–H and O–H groups in total. The Morgan fingerprint density at radius 2 is 1.96 bits per heavy atom. The van der Waals surface area contributed by atoms with E-state index in [1.54, 1.807) is 19.1 Å². The van der Waals surface area contributed by atoms with Crippen LogP contribution in [0.1, 0.15) is 34.8 Å². The lowest BCUT2D eigenvalue weighted by molar-refractivity contribution is -0.385. The summed E-state index contributed by atoms with van der Waals surface area (Å²) in [4.78, 5) is 34.1. The molecule has 1 aliphatic heterocycles. The maximum atomic E-state index is 12.4. The van der Waals surface area contributed by atoms with Crippen molar-refractivity contribution in [2.45, 2.75) is 20.3 Å². The number of nitrogens with zero attached hydrogens (tertiary/aromatic N) is 2. The lowest BCUT2D eigenvalue weighted by atomic mass is 9.94. The summed E-state index contributed by atoms with van der Waals surface area (Å²) in [7, 11) is 0. The molecule has 27 heavy (non-hydrogen) atoms. The average Bonchev–Trinajstić information content (AvgIpc) is 2.62. The molecule has 0 bridgehead atoms. The molecule has 0 aromatic heterocycles. The molecule has 3 rings (SSSR count). The van der Waals surface area contributed by atoms with Gasteiger partial charge in [-0.05, 0) is 36.8 Å². The highest BCUT2D eigenvalue weighted by Crippen LogP contribution is 2.21. The van der Waals surface area contributed by atoms with Gasteiger partial charge in [0.15, 0.2) is 0 Å². The fourth-order valence-corrected chi connectivity index (χ4v) is 2.93. The molecule has 1 aliphatic rings. The summed E-state index contributed by atoms with van der Waals surface area (Å²) < 4.78 is 0. The predicted octanol–water partition coefficient (Wildman–Crippen LogP) is 3.02. The number of nitro benzene ring substituents is 1. The van der Waals surface area contributed by atoms with Gasteiger partial charge in [0.25, 0.3) is 11.6 Å². The van der Waals surface area contributed by atoms with Crippen LogP contribution in [-0.2, 0) is 4.79 Å². The van der Waals surface area contributed by atoms with Crippen LogP contribution in [0.25, 0.3) is 0 Å². The van der Waals surface area contributed by atoms with Gasteiger partial charge in [0.05, 0.1) is 10.6 Å². The summed E-state index contributed by atoms with van der Waals surface area (Å²) >= 11 is 0. The number of anilines is 1. The van der Waals surface area contributed by atoms with E-state index >= 15 is 0 Å². The Bertz CT molecular complexity index is 951. The SMILES string of the molecule is Cc1cc(C(=O)Nc2ccc(C3=NNC(=O)CC3C)cc2)ccc1[N+](=O)[O-]. The molecule has 8 nitrogen and oxygen atoms in total. The number of aryl methyl sites for hydroxylation is 1. The first-order valence-corrected chi connectivity index (χ1v) is 8.38. The molecule has 2 amide bonds. The lowest BCUT2D eigenvalue weighted by Gasteiger charge is -2.19. The molecule has 2 aromatic rings. The van der Waals surface area contributed by atoms with Crippen molar-refractivity contribution in [3.63, 3.8) is 0 Å². The Morgan fingerprint density at radius 3 is 2.56 bits per heavy atom. The molecule has 138 valence electrons. The minimum atomic E-state index is -0.479. The summed E-state index contributed by atoms with van der Waals surface area (Å²) in [6.45, 7) is 3.53. The van der Waals surface area contributed by atoms with Gasteiger partial charge in [0.2, 0.25) is 5.91 Å². The molecule has 2 aromatic carbocycles. The van der Waals surface area contributed by atoms with Crippen molar-refractivity contribution in [2.24, 2.45) is 11.0 Å². The maximum absolute atomic E-state index is 12.4. The summed E-state index contributed by atoms with van der Waals surface area (Å²) in [6.07, 6.45) is 0.386. The van der Waals surface area contributed by atoms with Crippen LogP contribution in [0, 0.1) is 23.0 Å². The summed E-state index contributed by atoms with van der Waals surface area (Å²) in [5.41, 5.74) is 5.47. The molecule has 1 unspecified atom stereocenters. The maximum Gasteiger partial charge on any atom is 0.272 e. The second-order valence-electron chi connectivity index (χ2n) is 6.43. The van der Waals surface area contributed by atoms with Gasteiger partial charge in [-0.25, -0.2) is 5.43 Å². The van der Waals surface area contributed by atoms with Gasteiger partial charge in [0.1, 0.15) is 0 Å². The van der Waals surface area contributed by atoms with Crippen LogP contribution in [-0.4, -0.2) is 22.4 Å². The van der Waals surface area contributed by atoms with Gasteiger partial charge in [-0.15, -0.1) is 0 Å². The number of rotatable bonds is 4. The molecule has 8 heteroatoms. The number of carbonyl (C=O) groups excluding carboxylic acids is 2. The van der Waals surface area contributed by atoms with Crippen molar-refractivity contribution in [1.82, 2.24) is 5.43 Å². The third-order valence-corrected chi connectivity index (χ3v) is 4.35. The van der Waals surface area contributed by atoms with Crippen LogP contribution in [0.4, 0.5) is 11.4 Å². The second-order valence-corrected chi connectivity index (χ2v) is 6.43. The minimum absolute atomic E-state index is 0.0160. The second kappa shape index (κ2) is 7.36. The molecular weight excluding hydrogens is 348 g/mol.